The zero-order valence-corrected chi connectivity index (χ0v) is 10.6. The number of hydrogen-bond donors (Lipinski definition) is 0. The summed E-state index contributed by atoms with van der Waals surface area (Å²) in [5.74, 6) is -0.681. The molecule has 0 heterocycles. The van der Waals surface area contributed by atoms with E-state index in [2.05, 4.69) is 13.0 Å². The largest absolute Gasteiger partial charge is 0.495 e. The van der Waals surface area contributed by atoms with Gasteiger partial charge in [-0.3, -0.25) is 0 Å². The molecule has 0 fully saturated rings. The van der Waals surface area contributed by atoms with Gasteiger partial charge in [0.05, 0.1) is 11.7 Å². The number of alkyl halides is 3. The fraction of sp³-hybridized carbons (Fsp3) is 0.714. The minimum absolute atomic E-state index is 0.0166. The van der Waals surface area contributed by atoms with Crippen LogP contribution in [0.5, 0.6) is 0 Å². The zero-order chi connectivity index (χ0) is 13.2. The van der Waals surface area contributed by atoms with E-state index in [0.717, 1.165) is 19.3 Å². The first-order valence-electron chi connectivity index (χ1n) is 6.53. The van der Waals surface area contributed by atoms with E-state index in [9.17, 15) is 13.2 Å². The van der Waals surface area contributed by atoms with Crippen molar-refractivity contribution in [1.29, 1.82) is 0 Å². The van der Waals surface area contributed by atoms with Crippen molar-refractivity contribution < 1.29 is 17.9 Å². The molecule has 18 heavy (non-hydrogen) atoms. The van der Waals surface area contributed by atoms with Gasteiger partial charge in [-0.15, -0.1) is 0 Å². The van der Waals surface area contributed by atoms with E-state index in [1.807, 2.05) is 6.08 Å². The van der Waals surface area contributed by atoms with Gasteiger partial charge in [0.1, 0.15) is 6.10 Å². The molecule has 2 aliphatic carbocycles. The third-order valence-electron chi connectivity index (χ3n) is 3.71. The fourth-order valence-corrected chi connectivity index (χ4v) is 2.51. The maximum absolute atomic E-state index is 12.7. The number of halogens is 3. The maximum atomic E-state index is 12.7. The van der Waals surface area contributed by atoms with Crippen LogP contribution in [0, 0.1) is 5.92 Å². The molecule has 0 aromatic rings. The van der Waals surface area contributed by atoms with Crippen LogP contribution >= 0.6 is 0 Å². The molecular formula is C14H19F3O. The van der Waals surface area contributed by atoms with Gasteiger partial charge in [-0.25, -0.2) is 0 Å². The third kappa shape index (κ3) is 3.53. The lowest BCUT2D eigenvalue weighted by atomic mass is 9.92. The van der Waals surface area contributed by atoms with Gasteiger partial charge in [-0.2, -0.15) is 13.2 Å². The molecule has 1 nitrogen and oxygen atoms in total. The Labute approximate surface area is 106 Å². The van der Waals surface area contributed by atoms with Gasteiger partial charge in [-0.05, 0) is 38.7 Å². The number of allylic oxidation sites excluding steroid dienone is 3. The van der Waals surface area contributed by atoms with Crippen LogP contribution in [0.25, 0.3) is 0 Å². The molecule has 0 saturated carbocycles. The summed E-state index contributed by atoms with van der Waals surface area (Å²) >= 11 is 0. The Morgan fingerprint density at radius 3 is 2.61 bits per heavy atom. The van der Waals surface area contributed by atoms with Crippen LogP contribution in [0.4, 0.5) is 13.2 Å². The van der Waals surface area contributed by atoms with Crippen LogP contribution in [0.2, 0.25) is 0 Å². The molecule has 0 N–H and O–H groups in total. The summed E-state index contributed by atoms with van der Waals surface area (Å²) < 4.78 is 43.7. The minimum atomic E-state index is -4.09. The van der Waals surface area contributed by atoms with Gasteiger partial charge in [-0.1, -0.05) is 11.6 Å². The first kappa shape index (κ1) is 13.5. The minimum Gasteiger partial charge on any atom is -0.495 e. The van der Waals surface area contributed by atoms with Gasteiger partial charge in [0, 0.05) is 12.8 Å². The summed E-state index contributed by atoms with van der Waals surface area (Å²) in [6.45, 7) is 2.08. The molecule has 2 unspecified atom stereocenters. The molecule has 0 aromatic heterocycles. The summed E-state index contributed by atoms with van der Waals surface area (Å²) in [5.41, 5.74) is 1.35. The lowest BCUT2D eigenvalue weighted by Crippen LogP contribution is -2.27. The van der Waals surface area contributed by atoms with Crippen molar-refractivity contribution in [2.75, 3.05) is 0 Å². The van der Waals surface area contributed by atoms with Gasteiger partial charge >= 0.3 is 6.18 Å². The van der Waals surface area contributed by atoms with Crippen molar-refractivity contribution in [2.45, 2.75) is 57.7 Å². The Morgan fingerprint density at radius 2 is 2.00 bits per heavy atom. The highest BCUT2D eigenvalue weighted by Crippen LogP contribution is 2.38. The Kier molecular flexibility index (Phi) is 4.03. The van der Waals surface area contributed by atoms with E-state index < -0.39 is 12.1 Å². The Morgan fingerprint density at radius 1 is 1.22 bits per heavy atom. The van der Waals surface area contributed by atoms with Gasteiger partial charge in [0.25, 0.3) is 0 Å². The highest BCUT2D eigenvalue weighted by molar-refractivity contribution is 5.06. The quantitative estimate of drug-likeness (QED) is 0.651. The molecule has 0 radical (unpaired) electrons. The number of hydrogen-bond acceptors (Lipinski definition) is 1. The molecule has 0 amide bonds. The standard InChI is InChI=1S/C14H19F3O/c1-10-5-7-12(8-6-10)18-13-4-2-3-11(9-13)14(15,16)17/h4-5,11-12H,2-3,6-9H2,1H3. The monoisotopic (exact) mass is 260 g/mol. The van der Waals surface area contributed by atoms with Crippen LogP contribution < -0.4 is 0 Å². The third-order valence-corrected chi connectivity index (χ3v) is 3.71. The highest BCUT2D eigenvalue weighted by atomic mass is 19.4. The maximum Gasteiger partial charge on any atom is 0.392 e. The molecule has 2 aliphatic rings. The molecule has 0 bridgehead atoms. The average molecular weight is 260 g/mol. The van der Waals surface area contributed by atoms with Gasteiger partial charge < -0.3 is 4.74 Å². The predicted octanol–water partition coefficient (Wildman–Crippen LogP) is 4.75. The molecule has 0 spiro atoms. The van der Waals surface area contributed by atoms with E-state index in [1.54, 1.807) is 0 Å². The first-order chi connectivity index (χ1) is 8.45. The molecule has 4 heteroatoms. The molecular weight excluding hydrogens is 241 g/mol. The van der Waals surface area contributed by atoms with Crippen molar-refractivity contribution in [2.24, 2.45) is 5.92 Å². The second-order valence-electron chi connectivity index (χ2n) is 5.26. The highest BCUT2D eigenvalue weighted by Gasteiger charge is 2.41. The molecule has 0 saturated heterocycles. The van der Waals surface area contributed by atoms with E-state index in [-0.39, 0.29) is 18.9 Å². The molecule has 2 atom stereocenters. The van der Waals surface area contributed by atoms with E-state index in [4.69, 9.17) is 4.74 Å². The second-order valence-corrected chi connectivity index (χ2v) is 5.26. The topological polar surface area (TPSA) is 9.23 Å². The van der Waals surface area contributed by atoms with Crippen LogP contribution in [0.15, 0.2) is 23.5 Å². The summed E-state index contributed by atoms with van der Waals surface area (Å²) in [4.78, 5) is 0. The van der Waals surface area contributed by atoms with Crippen LogP contribution in [-0.2, 0) is 4.74 Å². The first-order valence-corrected chi connectivity index (χ1v) is 6.53. The lowest BCUT2D eigenvalue weighted by Gasteiger charge is -2.29. The molecule has 0 aliphatic heterocycles. The molecule has 0 aromatic carbocycles. The summed E-state index contributed by atoms with van der Waals surface area (Å²) in [5, 5.41) is 0. The SMILES string of the molecule is CC1=CCC(OC2=CCCC(C(F)(F)F)C2)CC1. The predicted molar refractivity (Wildman–Crippen MR) is 64.0 cm³/mol. The van der Waals surface area contributed by atoms with Crippen LogP contribution in [0.1, 0.15) is 45.4 Å². The van der Waals surface area contributed by atoms with E-state index in [0.29, 0.717) is 12.2 Å². The van der Waals surface area contributed by atoms with Gasteiger partial charge in [0.15, 0.2) is 0 Å². The van der Waals surface area contributed by atoms with E-state index in [1.165, 1.54) is 5.57 Å². The Bertz CT molecular complexity index is 355. The Hall–Kier alpha value is -0.930. The lowest BCUT2D eigenvalue weighted by molar-refractivity contribution is -0.179. The van der Waals surface area contributed by atoms with Gasteiger partial charge in [0.2, 0.25) is 0 Å². The fourth-order valence-electron chi connectivity index (χ4n) is 2.51. The summed E-state index contributed by atoms with van der Waals surface area (Å²) in [6.07, 6.45) is 3.32. The van der Waals surface area contributed by atoms with Crippen LogP contribution in [0.3, 0.4) is 0 Å². The molecule has 102 valence electrons. The average Bonchev–Trinajstić information content (AvgIpc) is 2.31. The second kappa shape index (κ2) is 5.37. The van der Waals surface area contributed by atoms with Crippen molar-refractivity contribution >= 4 is 0 Å². The summed E-state index contributed by atoms with van der Waals surface area (Å²) in [7, 11) is 0. The van der Waals surface area contributed by atoms with Crippen molar-refractivity contribution in [1.82, 2.24) is 0 Å². The van der Waals surface area contributed by atoms with Crippen molar-refractivity contribution in [3.63, 3.8) is 0 Å². The number of rotatable bonds is 2. The molecule has 2 rings (SSSR count). The van der Waals surface area contributed by atoms with Crippen molar-refractivity contribution in [3.05, 3.63) is 23.5 Å². The smallest absolute Gasteiger partial charge is 0.392 e. The van der Waals surface area contributed by atoms with Crippen molar-refractivity contribution in [3.8, 4) is 0 Å². The summed E-state index contributed by atoms with van der Waals surface area (Å²) in [6, 6.07) is 0. The normalized spacial score (nSPS) is 29.6. The number of ether oxygens (including phenoxy) is 1. The van der Waals surface area contributed by atoms with E-state index >= 15 is 0 Å². The van der Waals surface area contributed by atoms with Crippen LogP contribution in [-0.4, -0.2) is 12.3 Å². The zero-order valence-electron chi connectivity index (χ0n) is 10.6. The Balaban J connectivity index is 1.89.